The maximum atomic E-state index is 4.35. The van der Waals surface area contributed by atoms with E-state index in [0.29, 0.717) is 6.04 Å². The van der Waals surface area contributed by atoms with Crippen molar-refractivity contribution in [2.45, 2.75) is 65.5 Å². The summed E-state index contributed by atoms with van der Waals surface area (Å²) in [5.41, 5.74) is 0. The monoisotopic (exact) mass is 224 g/mol. The molecule has 0 unspecified atom stereocenters. The second-order valence-corrected chi connectivity index (χ2v) is 4.44. The Bertz CT molecular complexity index is 289. The van der Waals surface area contributed by atoms with Gasteiger partial charge in [-0.15, -0.1) is 0 Å². The average Bonchev–Trinajstić information content (AvgIpc) is 2.65. The van der Waals surface area contributed by atoms with Crippen LogP contribution in [0.2, 0.25) is 0 Å². The van der Waals surface area contributed by atoms with E-state index in [-0.39, 0.29) is 6.04 Å². The van der Waals surface area contributed by atoms with Gasteiger partial charge in [0.25, 0.3) is 0 Å². The lowest BCUT2D eigenvalue weighted by Crippen LogP contribution is -2.31. The average molecular weight is 224 g/mol. The Morgan fingerprint density at radius 1 is 1.25 bits per heavy atom. The zero-order valence-corrected chi connectivity index (χ0v) is 10.9. The molecule has 2 N–H and O–H groups in total. The number of nitrogens with one attached hydrogen (secondary N) is 2. The van der Waals surface area contributed by atoms with E-state index in [1.54, 1.807) is 0 Å². The Labute approximate surface area is 98.2 Å². The number of hydrogen-bond donors (Lipinski definition) is 2. The van der Waals surface area contributed by atoms with E-state index < -0.39 is 0 Å². The summed E-state index contributed by atoms with van der Waals surface area (Å²) < 4.78 is 0. The van der Waals surface area contributed by atoms with Crippen molar-refractivity contribution in [3.8, 4) is 0 Å². The summed E-state index contributed by atoms with van der Waals surface area (Å²) in [5.74, 6) is 1.75. The lowest BCUT2D eigenvalue weighted by atomic mass is 10.1. The summed E-state index contributed by atoms with van der Waals surface area (Å²) in [6.07, 6.45) is 4.89. The first-order chi connectivity index (χ1) is 7.67. The van der Waals surface area contributed by atoms with Crippen molar-refractivity contribution in [1.29, 1.82) is 0 Å². The summed E-state index contributed by atoms with van der Waals surface area (Å²) in [5, 5.41) is 10.7. The first kappa shape index (κ1) is 13.2. The molecule has 0 fully saturated rings. The second kappa shape index (κ2) is 6.63. The molecule has 1 rings (SSSR count). The van der Waals surface area contributed by atoms with Gasteiger partial charge in [-0.05, 0) is 26.7 Å². The van der Waals surface area contributed by atoms with Crippen LogP contribution >= 0.6 is 0 Å². The fourth-order valence-corrected chi connectivity index (χ4v) is 1.99. The second-order valence-electron chi connectivity index (χ2n) is 4.44. The predicted octanol–water partition coefficient (Wildman–Crippen LogP) is 2.73. The van der Waals surface area contributed by atoms with E-state index in [2.05, 4.69) is 41.3 Å². The van der Waals surface area contributed by atoms with Gasteiger partial charge in [0.2, 0.25) is 0 Å². The van der Waals surface area contributed by atoms with E-state index in [0.717, 1.165) is 11.6 Å². The lowest BCUT2D eigenvalue weighted by molar-refractivity contribution is 0.394. The molecule has 0 aliphatic heterocycles. The summed E-state index contributed by atoms with van der Waals surface area (Å²) in [4.78, 5) is 4.35. The maximum absolute atomic E-state index is 4.35. The highest BCUT2D eigenvalue weighted by atomic mass is 15.2. The van der Waals surface area contributed by atoms with Crippen LogP contribution in [0, 0.1) is 6.92 Å². The van der Waals surface area contributed by atoms with E-state index in [1.807, 2.05) is 6.92 Å². The third-order valence-electron chi connectivity index (χ3n) is 2.76. The SMILES string of the molecule is CCCC(CCC)N[C@H](C)c1n[nH]c(C)n1. The van der Waals surface area contributed by atoms with Crippen LogP contribution < -0.4 is 5.32 Å². The molecule has 0 radical (unpaired) electrons. The van der Waals surface area contributed by atoms with Gasteiger partial charge in [0.05, 0.1) is 6.04 Å². The molecule has 1 aromatic heterocycles. The first-order valence-electron chi connectivity index (χ1n) is 6.32. The smallest absolute Gasteiger partial charge is 0.167 e. The van der Waals surface area contributed by atoms with Gasteiger partial charge >= 0.3 is 0 Å². The normalized spacial score (nSPS) is 13.3. The molecule has 0 aliphatic carbocycles. The molecule has 16 heavy (non-hydrogen) atoms. The highest BCUT2D eigenvalue weighted by Crippen LogP contribution is 2.12. The van der Waals surface area contributed by atoms with Crippen LogP contribution in [0.25, 0.3) is 0 Å². The quantitative estimate of drug-likeness (QED) is 0.748. The van der Waals surface area contributed by atoms with Crippen LogP contribution in [0.1, 0.15) is 64.1 Å². The van der Waals surface area contributed by atoms with Gasteiger partial charge in [-0.2, -0.15) is 5.10 Å². The Hall–Kier alpha value is -0.900. The molecule has 0 spiro atoms. The summed E-state index contributed by atoms with van der Waals surface area (Å²) in [7, 11) is 0. The number of hydrogen-bond acceptors (Lipinski definition) is 3. The molecule has 0 saturated heterocycles. The molecule has 0 saturated carbocycles. The van der Waals surface area contributed by atoms with Crippen LogP contribution in [0.15, 0.2) is 0 Å². The van der Waals surface area contributed by atoms with Gasteiger partial charge in [0.15, 0.2) is 5.82 Å². The van der Waals surface area contributed by atoms with Gasteiger partial charge in [-0.3, -0.25) is 5.10 Å². The molecular formula is C12H24N4. The first-order valence-corrected chi connectivity index (χ1v) is 6.32. The van der Waals surface area contributed by atoms with E-state index in [4.69, 9.17) is 0 Å². The number of rotatable bonds is 7. The fourth-order valence-electron chi connectivity index (χ4n) is 1.99. The van der Waals surface area contributed by atoms with Gasteiger partial charge in [-0.1, -0.05) is 26.7 Å². The molecule has 4 nitrogen and oxygen atoms in total. The number of nitrogens with zero attached hydrogens (tertiary/aromatic N) is 2. The third kappa shape index (κ3) is 3.93. The van der Waals surface area contributed by atoms with Crippen molar-refractivity contribution < 1.29 is 0 Å². The minimum atomic E-state index is 0.230. The van der Waals surface area contributed by atoms with Crippen LogP contribution in [0.3, 0.4) is 0 Å². The molecular weight excluding hydrogens is 200 g/mol. The standard InChI is InChI=1S/C12H24N4/c1-5-7-11(8-6-2)13-9(3)12-14-10(4)15-16-12/h9,11,13H,5-8H2,1-4H3,(H,14,15,16)/t9-/m1/s1. The molecule has 4 heteroatoms. The molecule has 0 bridgehead atoms. The highest BCUT2D eigenvalue weighted by molar-refractivity contribution is 4.94. The molecule has 0 aromatic carbocycles. The zero-order valence-electron chi connectivity index (χ0n) is 10.9. The topological polar surface area (TPSA) is 53.6 Å². The van der Waals surface area contributed by atoms with Crippen LogP contribution in [0.4, 0.5) is 0 Å². The lowest BCUT2D eigenvalue weighted by Gasteiger charge is -2.20. The van der Waals surface area contributed by atoms with Crippen molar-refractivity contribution in [3.63, 3.8) is 0 Å². The van der Waals surface area contributed by atoms with E-state index >= 15 is 0 Å². The summed E-state index contributed by atoms with van der Waals surface area (Å²) in [6, 6.07) is 0.817. The number of H-pyrrole nitrogens is 1. The Balaban J connectivity index is 2.50. The van der Waals surface area contributed by atoms with Crippen LogP contribution in [0.5, 0.6) is 0 Å². The van der Waals surface area contributed by atoms with Crippen molar-refractivity contribution in [1.82, 2.24) is 20.5 Å². The number of aryl methyl sites for hydroxylation is 1. The Morgan fingerprint density at radius 3 is 2.31 bits per heavy atom. The minimum Gasteiger partial charge on any atom is -0.305 e. The van der Waals surface area contributed by atoms with E-state index in [1.165, 1.54) is 25.7 Å². The summed E-state index contributed by atoms with van der Waals surface area (Å²) in [6.45, 7) is 8.51. The predicted molar refractivity (Wildman–Crippen MR) is 66.3 cm³/mol. The minimum absolute atomic E-state index is 0.230. The van der Waals surface area contributed by atoms with Gasteiger partial charge in [0.1, 0.15) is 5.82 Å². The number of aromatic amines is 1. The highest BCUT2D eigenvalue weighted by Gasteiger charge is 2.14. The fraction of sp³-hybridized carbons (Fsp3) is 0.833. The van der Waals surface area contributed by atoms with Gasteiger partial charge < -0.3 is 5.32 Å². The number of aromatic nitrogens is 3. The van der Waals surface area contributed by atoms with Gasteiger partial charge in [0, 0.05) is 6.04 Å². The van der Waals surface area contributed by atoms with Crippen molar-refractivity contribution in [2.24, 2.45) is 0 Å². The zero-order chi connectivity index (χ0) is 12.0. The molecule has 0 amide bonds. The maximum Gasteiger partial charge on any atom is 0.167 e. The molecule has 1 aromatic rings. The molecule has 92 valence electrons. The van der Waals surface area contributed by atoms with Crippen molar-refractivity contribution in [2.75, 3.05) is 0 Å². The van der Waals surface area contributed by atoms with Crippen LogP contribution in [-0.4, -0.2) is 21.2 Å². The van der Waals surface area contributed by atoms with Crippen molar-refractivity contribution >= 4 is 0 Å². The van der Waals surface area contributed by atoms with Gasteiger partial charge in [-0.25, -0.2) is 4.98 Å². The van der Waals surface area contributed by atoms with Crippen molar-refractivity contribution in [3.05, 3.63) is 11.6 Å². The Morgan fingerprint density at radius 2 is 1.88 bits per heavy atom. The molecule has 1 atom stereocenters. The third-order valence-corrected chi connectivity index (χ3v) is 2.76. The summed E-state index contributed by atoms with van der Waals surface area (Å²) >= 11 is 0. The Kier molecular flexibility index (Phi) is 5.46. The van der Waals surface area contributed by atoms with Crippen LogP contribution in [-0.2, 0) is 0 Å². The largest absolute Gasteiger partial charge is 0.305 e. The molecule has 1 heterocycles. The molecule has 0 aliphatic rings. The van der Waals surface area contributed by atoms with E-state index in [9.17, 15) is 0 Å².